The molecule has 8 heteroatoms. The molecule has 1 fully saturated rings. The van der Waals surface area contributed by atoms with Crippen molar-refractivity contribution in [2.75, 3.05) is 6.61 Å². The predicted molar refractivity (Wildman–Crippen MR) is 139 cm³/mol. The summed E-state index contributed by atoms with van der Waals surface area (Å²) in [6, 6.07) is 24.5. The average molecular weight is 539 g/mol. The number of halogens is 1. The molecule has 4 rings (SSSR count). The largest absolute Gasteiger partial charge is 0.493 e. The van der Waals surface area contributed by atoms with Gasteiger partial charge in [0.25, 0.3) is 11.8 Å². The third-order valence-corrected chi connectivity index (χ3v) is 6.62. The van der Waals surface area contributed by atoms with Crippen molar-refractivity contribution in [1.29, 1.82) is 0 Å². The minimum atomic E-state index is -0.406. The molecule has 0 radical (unpaired) electrons. The SMILES string of the molecule is O=C(NN1C(=O)/C(=C/c2ccc(OCCc3ccccc3)cc2)SC1=S)c1ccc(Br)cc1. The summed E-state index contributed by atoms with van der Waals surface area (Å²) in [4.78, 5) is 25.7. The topological polar surface area (TPSA) is 58.6 Å². The van der Waals surface area contributed by atoms with Gasteiger partial charge in [-0.05, 0) is 65.8 Å². The Labute approximate surface area is 209 Å². The Morgan fingerprint density at radius 1 is 1.03 bits per heavy atom. The number of carbonyl (C=O) groups is 2. The van der Waals surface area contributed by atoms with E-state index in [-0.39, 0.29) is 10.2 Å². The quantitative estimate of drug-likeness (QED) is 0.312. The molecule has 1 saturated heterocycles. The summed E-state index contributed by atoms with van der Waals surface area (Å²) in [7, 11) is 0. The van der Waals surface area contributed by atoms with E-state index in [1.807, 2.05) is 42.5 Å². The fourth-order valence-corrected chi connectivity index (χ4v) is 4.52. The van der Waals surface area contributed by atoms with Gasteiger partial charge in [-0.15, -0.1) is 0 Å². The molecule has 3 aromatic rings. The van der Waals surface area contributed by atoms with Crippen molar-refractivity contribution in [3.05, 3.63) is 105 Å². The maximum Gasteiger partial charge on any atom is 0.285 e. The van der Waals surface area contributed by atoms with Crippen molar-refractivity contribution >= 4 is 62.1 Å². The molecule has 3 aromatic carbocycles. The predicted octanol–water partition coefficient (Wildman–Crippen LogP) is 5.62. The van der Waals surface area contributed by atoms with E-state index in [4.69, 9.17) is 17.0 Å². The molecule has 0 atom stereocenters. The molecular weight excluding hydrogens is 520 g/mol. The third-order valence-electron chi connectivity index (χ3n) is 4.79. The first-order valence-corrected chi connectivity index (χ1v) is 12.1. The summed E-state index contributed by atoms with van der Waals surface area (Å²) >= 11 is 9.77. The maximum atomic E-state index is 12.8. The summed E-state index contributed by atoms with van der Waals surface area (Å²) in [6.07, 6.45) is 2.58. The number of hydrogen-bond acceptors (Lipinski definition) is 5. The number of nitrogens with one attached hydrogen (secondary N) is 1. The highest BCUT2D eigenvalue weighted by molar-refractivity contribution is 9.10. The van der Waals surface area contributed by atoms with Gasteiger partial charge in [-0.25, -0.2) is 0 Å². The Hall–Kier alpha value is -2.94. The van der Waals surface area contributed by atoms with Crippen LogP contribution in [0.1, 0.15) is 21.5 Å². The fourth-order valence-electron chi connectivity index (χ4n) is 3.07. The van der Waals surface area contributed by atoms with E-state index in [2.05, 4.69) is 33.5 Å². The second-order valence-electron chi connectivity index (χ2n) is 7.12. The lowest BCUT2D eigenvalue weighted by Crippen LogP contribution is -2.44. The number of ether oxygens (including phenoxy) is 1. The number of benzene rings is 3. The molecule has 5 nitrogen and oxygen atoms in total. The first kappa shape index (κ1) is 23.2. The number of hydrogen-bond donors (Lipinski definition) is 1. The number of amides is 2. The number of rotatable bonds is 7. The van der Waals surface area contributed by atoms with Crippen molar-refractivity contribution in [2.24, 2.45) is 0 Å². The van der Waals surface area contributed by atoms with Crippen molar-refractivity contribution in [3.8, 4) is 5.75 Å². The molecule has 1 N–H and O–H groups in total. The molecule has 0 aliphatic carbocycles. The van der Waals surface area contributed by atoms with Crippen molar-refractivity contribution in [3.63, 3.8) is 0 Å². The normalized spacial score (nSPS) is 14.6. The highest BCUT2D eigenvalue weighted by Crippen LogP contribution is 2.31. The standard InChI is InChI=1S/C25H19BrN2O3S2/c26-20-10-8-19(9-11-20)23(29)27-28-24(30)22(33-25(28)32)16-18-6-12-21(13-7-18)31-15-14-17-4-2-1-3-5-17/h1-13,16H,14-15H2,(H,27,29)/b22-16-. The van der Waals surface area contributed by atoms with E-state index >= 15 is 0 Å². The zero-order valence-electron chi connectivity index (χ0n) is 17.4. The van der Waals surface area contributed by atoms with Crippen molar-refractivity contribution < 1.29 is 14.3 Å². The van der Waals surface area contributed by atoms with E-state index < -0.39 is 5.91 Å². The summed E-state index contributed by atoms with van der Waals surface area (Å²) in [6.45, 7) is 0.583. The highest BCUT2D eigenvalue weighted by Gasteiger charge is 2.33. The first-order valence-electron chi connectivity index (χ1n) is 10.1. The van der Waals surface area contributed by atoms with Gasteiger partial charge in [0.15, 0.2) is 4.32 Å². The van der Waals surface area contributed by atoms with Crippen LogP contribution >= 0.6 is 39.9 Å². The lowest BCUT2D eigenvalue weighted by Gasteiger charge is -2.15. The van der Waals surface area contributed by atoms with Gasteiger partial charge in [0.2, 0.25) is 0 Å². The molecule has 1 aliphatic heterocycles. The number of carbonyl (C=O) groups excluding carboxylic acids is 2. The van der Waals surface area contributed by atoms with Crippen LogP contribution in [-0.4, -0.2) is 27.8 Å². The Morgan fingerprint density at radius 2 is 1.73 bits per heavy atom. The van der Waals surface area contributed by atoms with Crippen molar-refractivity contribution in [1.82, 2.24) is 10.4 Å². The van der Waals surface area contributed by atoms with Gasteiger partial charge in [0.05, 0.1) is 11.5 Å². The Morgan fingerprint density at radius 3 is 2.42 bits per heavy atom. The molecule has 166 valence electrons. The van der Waals surface area contributed by atoms with E-state index in [9.17, 15) is 9.59 Å². The molecule has 33 heavy (non-hydrogen) atoms. The second kappa shape index (κ2) is 10.8. The summed E-state index contributed by atoms with van der Waals surface area (Å²) in [5, 5.41) is 1.11. The van der Waals surface area contributed by atoms with E-state index in [1.165, 1.54) is 5.56 Å². The molecular formula is C25H19BrN2O3S2. The van der Waals surface area contributed by atoms with Crippen molar-refractivity contribution in [2.45, 2.75) is 6.42 Å². The summed E-state index contributed by atoms with van der Waals surface area (Å²) < 4.78 is 6.95. The molecule has 0 saturated carbocycles. The van der Waals surface area contributed by atoms with E-state index in [0.29, 0.717) is 17.1 Å². The van der Waals surface area contributed by atoms with Crippen LogP contribution in [0.25, 0.3) is 6.08 Å². The lowest BCUT2D eigenvalue weighted by molar-refractivity contribution is -0.123. The van der Waals surface area contributed by atoms with Gasteiger partial charge in [0.1, 0.15) is 5.75 Å². The number of thioether (sulfide) groups is 1. The Bertz CT molecular complexity index is 1200. The van der Waals surface area contributed by atoms with Gasteiger partial charge in [-0.3, -0.25) is 15.0 Å². The number of hydrazine groups is 1. The minimum Gasteiger partial charge on any atom is -0.493 e. The summed E-state index contributed by atoms with van der Waals surface area (Å²) in [5.41, 5.74) is 5.08. The molecule has 2 amide bonds. The Balaban J connectivity index is 1.35. The van der Waals surface area contributed by atoms with Crippen LogP contribution in [0.4, 0.5) is 0 Å². The monoisotopic (exact) mass is 538 g/mol. The van der Waals surface area contributed by atoms with Gasteiger partial charge in [-0.2, -0.15) is 5.01 Å². The number of thiocarbonyl (C=S) groups is 1. The molecule has 0 unspecified atom stereocenters. The Kier molecular flexibility index (Phi) is 7.59. The smallest absolute Gasteiger partial charge is 0.285 e. The third kappa shape index (κ3) is 6.10. The van der Waals surface area contributed by atoms with Crippen LogP contribution in [0.3, 0.4) is 0 Å². The van der Waals surface area contributed by atoms with E-state index in [1.54, 1.807) is 30.3 Å². The van der Waals surface area contributed by atoms with Crippen LogP contribution in [0.15, 0.2) is 88.2 Å². The molecule has 0 bridgehead atoms. The zero-order valence-corrected chi connectivity index (χ0v) is 20.6. The number of nitrogens with zero attached hydrogens (tertiary/aromatic N) is 1. The lowest BCUT2D eigenvalue weighted by atomic mass is 10.2. The average Bonchev–Trinajstić information content (AvgIpc) is 3.08. The fraction of sp³-hybridized carbons (Fsp3) is 0.0800. The molecule has 1 aliphatic rings. The van der Waals surface area contributed by atoms with Gasteiger partial charge < -0.3 is 4.74 Å². The zero-order chi connectivity index (χ0) is 23.2. The van der Waals surface area contributed by atoms with Crippen LogP contribution in [0.5, 0.6) is 5.75 Å². The minimum absolute atomic E-state index is 0.276. The maximum absolute atomic E-state index is 12.8. The van der Waals surface area contributed by atoms with Gasteiger partial charge in [0, 0.05) is 16.5 Å². The second-order valence-corrected chi connectivity index (χ2v) is 9.71. The molecule has 0 spiro atoms. The van der Waals surface area contributed by atoms with Crippen LogP contribution in [0.2, 0.25) is 0 Å². The summed E-state index contributed by atoms with van der Waals surface area (Å²) in [5.74, 6) is -0.00639. The van der Waals surface area contributed by atoms with Gasteiger partial charge >= 0.3 is 0 Å². The molecule has 1 heterocycles. The van der Waals surface area contributed by atoms with Crippen LogP contribution in [-0.2, 0) is 11.2 Å². The van der Waals surface area contributed by atoms with Crippen LogP contribution < -0.4 is 10.2 Å². The van der Waals surface area contributed by atoms with Crippen LogP contribution in [0, 0.1) is 0 Å². The highest BCUT2D eigenvalue weighted by atomic mass is 79.9. The van der Waals surface area contributed by atoms with Gasteiger partial charge in [-0.1, -0.05) is 70.2 Å². The first-order chi connectivity index (χ1) is 16.0. The molecule has 0 aromatic heterocycles. The van der Waals surface area contributed by atoms with E-state index in [0.717, 1.165) is 39.0 Å².